The van der Waals surface area contributed by atoms with E-state index in [1.54, 1.807) is 12.1 Å². The molecule has 0 spiro atoms. The van der Waals surface area contributed by atoms with Crippen molar-refractivity contribution in [3.63, 3.8) is 0 Å². The third kappa shape index (κ3) is 5.01. The summed E-state index contributed by atoms with van der Waals surface area (Å²) in [5.41, 5.74) is 5.67. The van der Waals surface area contributed by atoms with Crippen molar-refractivity contribution in [2.75, 3.05) is 11.1 Å². The second kappa shape index (κ2) is 8.22. The van der Waals surface area contributed by atoms with Crippen LogP contribution < -0.4 is 5.32 Å². The molecule has 0 saturated carbocycles. The van der Waals surface area contributed by atoms with E-state index in [1.807, 2.05) is 45.0 Å². The van der Waals surface area contributed by atoms with Gasteiger partial charge in [-0.1, -0.05) is 42.0 Å². The third-order valence-electron chi connectivity index (χ3n) is 3.77. The third-order valence-corrected chi connectivity index (χ3v) is 5.01. The van der Waals surface area contributed by atoms with Gasteiger partial charge in [-0.05, 0) is 43.0 Å². The Bertz CT molecular complexity index is 731. The Morgan fingerprint density at radius 2 is 1.58 bits per heavy atom. The minimum atomic E-state index is -1.28. The molecule has 0 saturated heterocycles. The number of benzene rings is 2. The molecule has 1 atom stereocenters. The number of aryl methyl sites for hydroxylation is 3. The summed E-state index contributed by atoms with van der Waals surface area (Å²) in [5, 5.41) is 11.9. The predicted octanol–water partition coefficient (Wildman–Crippen LogP) is 2.99. The van der Waals surface area contributed by atoms with Crippen LogP contribution in [0.15, 0.2) is 36.4 Å². The largest absolute Gasteiger partial charge is 0.392 e. The Labute approximate surface area is 145 Å². The highest BCUT2D eigenvalue weighted by molar-refractivity contribution is 7.84. The van der Waals surface area contributed by atoms with E-state index < -0.39 is 10.8 Å². The molecule has 5 heteroatoms. The second-order valence-electron chi connectivity index (χ2n) is 6.03. The van der Waals surface area contributed by atoms with Crippen LogP contribution in [0.2, 0.25) is 0 Å². The molecule has 0 fully saturated rings. The number of rotatable bonds is 6. The molecule has 0 radical (unpaired) electrons. The normalized spacial score (nSPS) is 12.0. The van der Waals surface area contributed by atoms with Crippen LogP contribution in [0.1, 0.15) is 27.8 Å². The van der Waals surface area contributed by atoms with E-state index in [-0.39, 0.29) is 18.3 Å². The summed E-state index contributed by atoms with van der Waals surface area (Å²) in [6.45, 7) is 5.91. The summed E-state index contributed by atoms with van der Waals surface area (Å²) in [6, 6.07) is 11.3. The topological polar surface area (TPSA) is 66.4 Å². The van der Waals surface area contributed by atoms with E-state index in [0.29, 0.717) is 5.75 Å². The van der Waals surface area contributed by atoms with Crippen molar-refractivity contribution in [3.05, 3.63) is 64.2 Å². The molecule has 2 aromatic rings. The first-order valence-corrected chi connectivity index (χ1v) is 9.29. The lowest BCUT2D eigenvalue weighted by Gasteiger charge is -2.12. The minimum Gasteiger partial charge on any atom is -0.392 e. The average Bonchev–Trinajstić information content (AvgIpc) is 2.51. The lowest BCUT2D eigenvalue weighted by atomic mass is 10.1. The van der Waals surface area contributed by atoms with Crippen molar-refractivity contribution in [2.45, 2.75) is 33.1 Å². The highest BCUT2D eigenvalue weighted by Crippen LogP contribution is 2.21. The molecule has 1 unspecified atom stereocenters. The summed E-state index contributed by atoms with van der Waals surface area (Å²) < 4.78 is 12.2. The quantitative estimate of drug-likeness (QED) is 0.846. The minimum absolute atomic E-state index is 0.0129. The number of carbonyl (C=O) groups excluding carboxylic acids is 1. The Kier molecular flexibility index (Phi) is 6.29. The molecule has 24 heavy (non-hydrogen) atoms. The number of nitrogens with one attached hydrogen (secondary N) is 1. The summed E-state index contributed by atoms with van der Waals surface area (Å²) in [4.78, 5) is 12.2. The van der Waals surface area contributed by atoms with Gasteiger partial charge in [0.05, 0.1) is 6.61 Å². The summed E-state index contributed by atoms with van der Waals surface area (Å²) in [5.74, 6) is 0.0508. The zero-order chi connectivity index (χ0) is 17.7. The van der Waals surface area contributed by atoms with Gasteiger partial charge in [-0.25, -0.2) is 0 Å². The lowest BCUT2D eigenvalue weighted by Crippen LogP contribution is -2.21. The van der Waals surface area contributed by atoms with Crippen LogP contribution in [-0.4, -0.2) is 21.0 Å². The lowest BCUT2D eigenvalue weighted by molar-refractivity contribution is -0.113. The fourth-order valence-electron chi connectivity index (χ4n) is 2.68. The SMILES string of the molecule is Cc1cc(C)c(NC(=O)CS(=O)Cc2ccc(CO)cc2)c(C)c1. The van der Waals surface area contributed by atoms with E-state index in [0.717, 1.165) is 33.5 Å². The number of hydrogen-bond donors (Lipinski definition) is 2. The maximum atomic E-state index is 12.2. The first-order valence-electron chi connectivity index (χ1n) is 7.80. The Morgan fingerprint density at radius 3 is 2.12 bits per heavy atom. The van der Waals surface area contributed by atoms with Gasteiger partial charge < -0.3 is 10.4 Å². The van der Waals surface area contributed by atoms with Gasteiger partial charge in [-0.3, -0.25) is 9.00 Å². The number of anilines is 1. The van der Waals surface area contributed by atoms with Crippen LogP contribution in [0, 0.1) is 20.8 Å². The number of hydrogen-bond acceptors (Lipinski definition) is 3. The summed E-state index contributed by atoms with van der Waals surface area (Å²) in [6.07, 6.45) is 0. The standard InChI is InChI=1S/C19H23NO3S/c1-13-8-14(2)19(15(3)9-13)20-18(22)12-24(23)11-17-6-4-16(10-21)5-7-17/h4-9,21H,10-12H2,1-3H3,(H,20,22). The van der Waals surface area contributed by atoms with Crippen molar-refractivity contribution in [1.82, 2.24) is 0 Å². The zero-order valence-electron chi connectivity index (χ0n) is 14.3. The van der Waals surface area contributed by atoms with Crippen molar-refractivity contribution >= 4 is 22.4 Å². The Morgan fingerprint density at radius 1 is 1.04 bits per heavy atom. The van der Waals surface area contributed by atoms with Crippen molar-refractivity contribution in [1.29, 1.82) is 0 Å². The van der Waals surface area contributed by atoms with Crippen LogP contribution >= 0.6 is 0 Å². The highest BCUT2D eigenvalue weighted by Gasteiger charge is 2.12. The zero-order valence-corrected chi connectivity index (χ0v) is 15.1. The Hall–Kier alpha value is -1.98. The van der Waals surface area contributed by atoms with Crippen LogP contribution in [0.25, 0.3) is 0 Å². The van der Waals surface area contributed by atoms with Crippen LogP contribution in [0.4, 0.5) is 5.69 Å². The molecule has 128 valence electrons. The van der Waals surface area contributed by atoms with Crippen LogP contribution in [0.3, 0.4) is 0 Å². The molecule has 0 aliphatic rings. The molecule has 0 aromatic heterocycles. The van der Waals surface area contributed by atoms with Crippen molar-refractivity contribution < 1.29 is 14.1 Å². The van der Waals surface area contributed by atoms with Gasteiger partial charge in [0.1, 0.15) is 5.75 Å². The van der Waals surface area contributed by atoms with E-state index in [1.165, 1.54) is 0 Å². The fourth-order valence-corrected chi connectivity index (χ4v) is 3.71. The van der Waals surface area contributed by atoms with Gasteiger partial charge in [0.25, 0.3) is 0 Å². The molecule has 2 N–H and O–H groups in total. The van der Waals surface area contributed by atoms with Gasteiger partial charge in [0.2, 0.25) is 5.91 Å². The molecule has 0 aliphatic heterocycles. The number of carbonyl (C=O) groups is 1. The second-order valence-corrected chi connectivity index (χ2v) is 7.48. The molecule has 0 bridgehead atoms. The summed E-state index contributed by atoms with van der Waals surface area (Å²) >= 11 is 0. The highest BCUT2D eigenvalue weighted by atomic mass is 32.2. The maximum absolute atomic E-state index is 12.2. The van der Waals surface area contributed by atoms with Crippen LogP contribution in [0.5, 0.6) is 0 Å². The van der Waals surface area contributed by atoms with E-state index >= 15 is 0 Å². The monoisotopic (exact) mass is 345 g/mol. The molecule has 4 nitrogen and oxygen atoms in total. The number of amides is 1. The Balaban J connectivity index is 1.95. The smallest absolute Gasteiger partial charge is 0.237 e. The number of aliphatic hydroxyl groups excluding tert-OH is 1. The first kappa shape index (κ1) is 18.4. The molecule has 1 amide bonds. The molecule has 2 rings (SSSR count). The van der Waals surface area contributed by atoms with Crippen LogP contribution in [-0.2, 0) is 28.0 Å². The van der Waals surface area contributed by atoms with Crippen molar-refractivity contribution in [2.24, 2.45) is 0 Å². The predicted molar refractivity (Wildman–Crippen MR) is 98.4 cm³/mol. The average molecular weight is 345 g/mol. The van der Waals surface area contributed by atoms with Gasteiger partial charge in [0.15, 0.2) is 0 Å². The van der Waals surface area contributed by atoms with Gasteiger partial charge >= 0.3 is 0 Å². The van der Waals surface area contributed by atoms with E-state index in [4.69, 9.17) is 5.11 Å². The molecule has 2 aromatic carbocycles. The van der Waals surface area contributed by atoms with Gasteiger partial charge in [-0.2, -0.15) is 0 Å². The molecular weight excluding hydrogens is 322 g/mol. The van der Waals surface area contributed by atoms with Gasteiger partial charge in [0, 0.05) is 22.2 Å². The molecular formula is C19H23NO3S. The fraction of sp³-hybridized carbons (Fsp3) is 0.316. The van der Waals surface area contributed by atoms with E-state index in [9.17, 15) is 9.00 Å². The summed E-state index contributed by atoms with van der Waals surface area (Å²) in [7, 11) is -1.28. The maximum Gasteiger partial charge on any atom is 0.237 e. The van der Waals surface area contributed by atoms with Gasteiger partial charge in [-0.15, -0.1) is 0 Å². The number of aliphatic hydroxyl groups is 1. The van der Waals surface area contributed by atoms with E-state index in [2.05, 4.69) is 5.32 Å². The molecule has 0 aliphatic carbocycles. The molecule has 0 heterocycles. The first-order chi connectivity index (χ1) is 11.4. The van der Waals surface area contributed by atoms with Crippen molar-refractivity contribution in [3.8, 4) is 0 Å².